The number of hydrogen-bond donors (Lipinski definition) is 3. The van der Waals surface area contributed by atoms with Gasteiger partial charge in [-0.2, -0.15) is 5.10 Å². The molecule has 8 heteroatoms. The lowest BCUT2D eigenvalue weighted by atomic mass is 10.3. The van der Waals surface area contributed by atoms with Gasteiger partial charge in [-0.1, -0.05) is 36.4 Å². The molecule has 29 heavy (non-hydrogen) atoms. The number of ether oxygens (including phenoxy) is 2. The van der Waals surface area contributed by atoms with Gasteiger partial charge in [-0.25, -0.2) is 10.5 Å². The van der Waals surface area contributed by atoms with Crippen LogP contribution in [0.2, 0.25) is 0 Å². The van der Waals surface area contributed by atoms with Crippen molar-refractivity contribution in [3.8, 4) is 17.2 Å². The monoisotopic (exact) mass is 389 g/mol. The summed E-state index contributed by atoms with van der Waals surface area (Å²) >= 11 is 0. The zero-order valence-electron chi connectivity index (χ0n) is 15.4. The largest absolute Gasteiger partial charge is 0.484 e. The van der Waals surface area contributed by atoms with Crippen molar-refractivity contribution in [2.24, 2.45) is 5.10 Å². The number of para-hydroxylation sites is 3. The van der Waals surface area contributed by atoms with Crippen molar-refractivity contribution in [2.45, 2.75) is 0 Å². The Labute approximate surface area is 167 Å². The van der Waals surface area contributed by atoms with Crippen molar-refractivity contribution >= 4 is 23.6 Å². The van der Waals surface area contributed by atoms with E-state index in [0.717, 1.165) is 5.69 Å². The third-order valence-corrected chi connectivity index (χ3v) is 4.01. The van der Waals surface area contributed by atoms with Gasteiger partial charge in [-0.3, -0.25) is 4.79 Å². The van der Waals surface area contributed by atoms with Crippen LogP contribution in [-0.2, 0) is 4.79 Å². The SMILES string of the molecule is O=C(COc1cccc(N2C=NNN2)c1)Nc1ccccc1Oc1ccccc1. The second kappa shape index (κ2) is 8.77. The zero-order chi connectivity index (χ0) is 19.9. The molecular weight excluding hydrogens is 370 g/mol. The predicted molar refractivity (Wildman–Crippen MR) is 111 cm³/mol. The Morgan fingerprint density at radius 2 is 1.76 bits per heavy atom. The molecule has 0 aromatic heterocycles. The fraction of sp³-hybridized carbons (Fsp3) is 0.0476. The van der Waals surface area contributed by atoms with Crippen LogP contribution in [0.5, 0.6) is 17.2 Å². The van der Waals surface area contributed by atoms with Crippen LogP contribution in [0.1, 0.15) is 0 Å². The molecule has 0 fully saturated rings. The number of benzene rings is 3. The highest BCUT2D eigenvalue weighted by Crippen LogP contribution is 2.29. The molecule has 0 bridgehead atoms. The van der Waals surface area contributed by atoms with Gasteiger partial charge in [-0.15, -0.1) is 5.53 Å². The van der Waals surface area contributed by atoms with Gasteiger partial charge in [0.25, 0.3) is 5.91 Å². The topological polar surface area (TPSA) is 87.2 Å². The Kier molecular flexibility index (Phi) is 5.54. The van der Waals surface area contributed by atoms with Crippen LogP contribution in [0.25, 0.3) is 0 Å². The highest BCUT2D eigenvalue weighted by molar-refractivity contribution is 5.93. The molecule has 0 spiro atoms. The molecule has 0 saturated carbocycles. The van der Waals surface area contributed by atoms with E-state index in [1.165, 1.54) is 0 Å². The number of nitrogens with one attached hydrogen (secondary N) is 3. The van der Waals surface area contributed by atoms with Gasteiger partial charge in [0.05, 0.1) is 11.4 Å². The number of carbonyl (C=O) groups is 1. The first kappa shape index (κ1) is 18.3. The lowest BCUT2D eigenvalue weighted by Crippen LogP contribution is -2.37. The molecule has 0 saturated heterocycles. The fourth-order valence-corrected chi connectivity index (χ4v) is 2.66. The molecule has 4 rings (SSSR count). The van der Waals surface area contributed by atoms with Gasteiger partial charge in [0.2, 0.25) is 0 Å². The molecule has 8 nitrogen and oxygen atoms in total. The van der Waals surface area contributed by atoms with Gasteiger partial charge in [0.15, 0.2) is 12.4 Å². The Morgan fingerprint density at radius 3 is 2.59 bits per heavy atom. The third-order valence-electron chi connectivity index (χ3n) is 4.01. The third kappa shape index (κ3) is 4.82. The normalized spacial score (nSPS) is 12.3. The summed E-state index contributed by atoms with van der Waals surface area (Å²) in [5.74, 6) is 1.52. The molecule has 1 heterocycles. The Balaban J connectivity index is 1.37. The summed E-state index contributed by atoms with van der Waals surface area (Å²) in [7, 11) is 0. The predicted octanol–water partition coefficient (Wildman–Crippen LogP) is 3.27. The maximum atomic E-state index is 12.4. The van der Waals surface area contributed by atoms with E-state index in [1.54, 1.807) is 35.6 Å². The van der Waals surface area contributed by atoms with Crippen LogP contribution in [0.4, 0.5) is 11.4 Å². The quantitative estimate of drug-likeness (QED) is 0.575. The van der Waals surface area contributed by atoms with Gasteiger partial charge in [-0.05, 0) is 36.4 Å². The van der Waals surface area contributed by atoms with E-state index >= 15 is 0 Å². The lowest BCUT2D eigenvalue weighted by Gasteiger charge is -2.15. The summed E-state index contributed by atoms with van der Waals surface area (Å²) in [5, 5.41) is 8.37. The molecule has 0 radical (unpaired) electrons. The van der Waals surface area contributed by atoms with Crippen molar-refractivity contribution < 1.29 is 14.3 Å². The van der Waals surface area contributed by atoms with E-state index in [9.17, 15) is 4.79 Å². The first-order valence-electron chi connectivity index (χ1n) is 8.96. The smallest absolute Gasteiger partial charge is 0.262 e. The molecule has 3 aromatic carbocycles. The van der Waals surface area contributed by atoms with E-state index in [-0.39, 0.29) is 12.5 Å². The second-order valence-electron chi connectivity index (χ2n) is 6.08. The van der Waals surface area contributed by atoms with Crippen LogP contribution in [0, 0.1) is 0 Å². The van der Waals surface area contributed by atoms with E-state index in [4.69, 9.17) is 9.47 Å². The Morgan fingerprint density at radius 1 is 0.966 bits per heavy atom. The molecule has 3 N–H and O–H groups in total. The standard InChI is InChI=1S/C21H19N5O3/c27-21(14-28-18-10-6-7-16(13-18)26-15-22-24-25-26)23-19-11-4-5-12-20(19)29-17-8-2-1-3-9-17/h1-13,15,24-25H,14H2,(H,23,27). The Bertz CT molecular complexity index is 1010. The number of hydrazine groups is 2. The van der Waals surface area contributed by atoms with E-state index in [0.29, 0.717) is 22.9 Å². The van der Waals surface area contributed by atoms with Crippen molar-refractivity contribution in [2.75, 3.05) is 16.9 Å². The number of nitrogens with zero attached hydrogens (tertiary/aromatic N) is 2. The number of rotatable bonds is 7. The highest BCUT2D eigenvalue weighted by atomic mass is 16.5. The second-order valence-corrected chi connectivity index (χ2v) is 6.08. The number of hydrazone groups is 1. The minimum Gasteiger partial charge on any atom is -0.484 e. The first-order valence-corrected chi connectivity index (χ1v) is 8.96. The van der Waals surface area contributed by atoms with Crippen molar-refractivity contribution in [3.05, 3.63) is 78.9 Å². The van der Waals surface area contributed by atoms with Gasteiger partial charge >= 0.3 is 0 Å². The van der Waals surface area contributed by atoms with Crippen LogP contribution in [-0.4, -0.2) is 18.9 Å². The van der Waals surface area contributed by atoms with Crippen LogP contribution >= 0.6 is 0 Å². The molecule has 3 aromatic rings. The van der Waals surface area contributed by atoms with Crippen LogP contribution in [0.15, 0.2) is 84.0 Å². The Hall–Kier alpha value is -4.04. The number of hydrogen-bond acceptors (Lipinski definition) is 7. The molecule has 1 aliphatic rings. The van der Waals surface area contributed by atoms with E-state index in [2.05, 4.69) is 21.5 Å². The number of anilines is 2. The fourth-order valence-electron chi connectivity index (χ4n) is 2.66. The van der Waals surface area contributed by atoms with Crippen LogP contribution < -0.4 is 30.9 Å². The van der Waals surface area contributed by atoms with Gasteiger partial charge in [0.1, 0.15) is 17.8 Å². The van der Waals surface area contributed by atoms with Crippen molar-refractivity contribution in [1.82, 2.24) is 11.1 Å². The summed E-state index contributed by atoms with van der Waals surface area (Å²) in [4.78, 5) is 12.4. The molecule has 146 valence electrons. The zero-order valence-corrected chi connectivity index (χ0v) is 15.4. The van der Waals surface area contributed by atoms with E-state index in [1.807, 2.05) is 54.6 Å². The lowest BCUT2D eigenvalue weighted by molar-refractivity contribution is -0.118. The average molecular weight is 389 g/mol. The molecule has 0 aliphatic carbocycles. The van der Waals surface area contributed by atoms with E-state index < -0.39 is 0 Å². The summed E-state index contributed by atoms with van der Waals surface area (Å²) in [6.07, 6.45) is 1.59. The molecule has 0 unspecified atom stereocenters. The van der Waals surface area contributed by atoms with Crippen molar-refractivity contribution in [1.29, 1.82) is 0 Å². The summed E-state index contributed by atoms with van der Waals surface area (Å²) in [6, 6.07) is 23.9. The van der Waals surface area contributed by atoms with Gasteiger partial charge < -0.3 is 14.8 Å². The summed E-state index contributed by atoms with van der Waals surface area (Å²) < 4.78 is 11.5. The molecular formula is C21H19N5O3. The summed E-state index contributed by atoms with van der Waals surface area (Å²) in [6.45, 7) is -0.136. The van der Waals surface area contributed by atoms with Gasteiger partial charge in [0, 0.05) is 6.07 Å². The van der Waals surface area contributed by atoms with Crippen molar-refractivity contribution in [3.63, 3.8) is 0 Å². The van der Waals surface area contributed by atoms with Crippen LogP contribution in [0.3, 0.4) is 0 Å². The molecule has 1 amide bonds. The number of amides is 1. The maximum absolute atomic E-state index is 12.4. The highest BCUT2D eigenvalue weighted by Gasteiger charge is 2.11. The first-order chi connectivity index (χ1) is 14.3. The number of carbonyl (C=O) groups excluding carboxylic acids is 1. The molecule has 0 atom stereocenters. The average Bonchev–Trinajstić information content (AvgIpc) is 3.30. The maximum Gasteiger partial charge on any atom is 0.262 e. The minimum atomic E-state index is -0.290. The summed E-state index contributed by atoms with van der Waals surface area (Å²) in [5.41, 5.74) is 6.84. The molecule has 1 aliphatic heterocycles. The minimum absolute atomic E-state index is 0.136.